The van der Waals surface area contributed by atoms with Crippen LogP contribution in [0.1, 0.15) is 48.7 Å². The van der Waals surface area contributed by atoms with Crippen LogP contribution in [0.2, 0.25) is 0 Å². The summed E-state index contributed by atoms with van der Waals surface area (Å²) < 4.78 is 53.4. The molecule has 2 aromatic rings. The van der Waals surface area contributed by atoms with Crippen molar-refractivity contribution in [3.63, 3.8) is 0 Å². The molecule has 1 aromatic carbocycles. The van der Waals surface area contributed by atoms with Crippen molar-refractivity contribution in [2.75, 3.05) is 53.0 Å². The Hall–Kier alpha value is -4.10. The van der Waals surface area contributed by atoms with Gasteiger partial charge in [0.1, 0.15) is 11.4 Å². The van der Waals surface area contributed by atoms with E-state index in [1.54, 1.807) is 32.4 Å². The summed E-state index contributed by atoms with van der Waals surface area (Å²) in [6.45, 7) is 7.60. The zero-order valence-electron chi connectivity index (χ0n) is 26.0. The highest BCUT2D eigenvalue weighted by atomic mass is 19.4. The number of likely N-dealkylation sites (N-methyl/N-ethyl adjacent to an activating group) is 1. The van der Waals surface area contributed by atoms with E-state index in [0.717, 1.165) is 6.07 Å². The van der Waals surface area contributed by atoms with Crippen LogP contribution in [0, 0.1) is 0 Å². The zero-order valence-corrected chi connectivity index (χ0v) is 26.0. The second kappa shape index (κ2) is 14.8. The number of aromatic nitrogens is 1. The highest BCUT2D eigenvalue weighted by Crippen LogP contribution is 2.36. The number of carbonyl (C=O) groups excluding carboxylic acids is 2. The SMILES string of the molecule is CCOc1ccc(C(=O)N2CCN(C3=C(C(=O)NCCNC)NC(OCC)(c4cccnc4)C=C3)[C@H](CC)C2)c(C(F)(F)F)c1. The Labute approximate surface area is 261 Å². The highest BCUT2D eigenvalue weighted by molar-refractivity contribution is 5.96. The number of rotatable bonds is 12. The summed E-state index contributed by atoms with van der Waals surface area (Å²) in [4.78, 5) is 34.9. The van der Waals surface area contributed by atoms with E-state index in [0.29, 0.717) is 43.9 Å². The van der Waals surface area contributed by atoms with Crippen LogP contribution in [0.25, 0.3) is 0 Å². The Morgan fingerprint density at radius 3 is 2.58 bits per heavy atom. The molecule has 4 rings (SSSR count). The molecule has 0 spiro atoms. The molecule has 10 nitrogen and oxygen atoms in total. The number of nitrogens with zero attached hydrogens (tertiary/aromatic N) is 3. The molecule has 244 valence electrons. The predicted molar refractivity (Wildman–Crippen MR) is 163 cm³/mol. The highest BCUT2D eigenvalue weighted by Gasteiger charge is 2.41. The number of dihydropyridines is 1. The first-order chi connectivity index (χ1) is 21.6. The molecule has 2 aliphatic rings. The van der Waals surface area contributed by atoms with Gasteiger partial charge < -0.3 is 35.2 Å². The fraction of sp³-hybridized carbons (Fsp3) is 0.469. The zero-order chi connectivity index (χ0) is 32.6. The molecule has 1 unspecified atom stereocenters. The summed E-state index contributed by atoms with van der Waals surface area (Å²) in [7, 11) is 1.79. The molecule has 1 aromatic heterocycles. The number of ether oxygens (including phenoxy) is 2. The maximum absolute atomic E-state index is 14.0. The van der Waals surface area contributed by atoms with E-state index in [9.17, 15) is 22.8 Å². The lowest BCUT2D eigenvalue weighted by Gasteiger charge is -2.46. The van der Waals surface area contributed by atoms with Crippen molar-refractivity contribution < 1.29 is 32.2 Å². The molecule has 0 bridgehead atoms. The summed E-state index contributed by atoms with van der Waals surface area (Å²) in [5.41, 5.74) is -0.999. The number of amides is 2. The first-order valence-corrected chi connectivity index (χ1v) is 15.2. The summed E-state index contributed by atoms with van der Waals surface area (Å²) in [5, 5.41) is 9.28. The molecule has 45 heavy (non-hydrogen) atoms. The van der Waals surface area contributed by atoms with Crippen LogP contribution >= 0.6 is 0 Å². The number of hydrogen-bond donors (Lipinski definition) is 3. The second-order valence-electron chi connectivity index (χ2n) is 10.6. The van der Waals surface area contributed by atoms with E-state index < -0.39 is 28.9 Å². The van der Waals surface area contributed by atoms with Crippen LogP contribution in [0.4, 0.5) is 13.2 Å². The third-order valence-electron chi connectivity index (χ3n) is 7.78. The van der Waals surface area contributed by atoms with E-state index in [-0.39, 0.29) is 43.1 Å². The van der Waals surface area contributed by atoms with E-state index >= 15 is 0 Å². The minimum absolute atomic E-state index is 0.0519. The van der Waals surface area contributed by atoms with Gasteiger partial charge >= 0.3 is 6.18 Å². The average molecular weight is 631 g/mol. The van der Waals surface area contributed by atoms with Gasteiger partial charge in [0.15, 0.2) is 5.72 Å². The van der Waals surface area contributed by atoms with Crippen LogP contribution < -0.4 is 20.7 Å². The standard InChI is InChI=1S/C32H41F3N6O4/c1-5-23-21-40(30(43)25-11-10-24(44-6-2)19-26(25)32(33,34)35)17-18-41(23)27-12-13-31(45-7-3,22-9-8-14-37-20-22)39-28(27)29(42)38-16-15-36-4/h8-14,19-20,23,36,39H,5-7,15-18,21H2,1-4H3,(H,38,42)/t23-,31?/m1/s1. The number of allylic oxidation sites excluding steroid dienone is 1. The van der Waals surface area contributed by atoms with Gasteiger partial charge in [-0.05, 0) is 63.7 Å². The molecular weight excluding hydrogens is 589 g/mol. The minimum Gasteiger partial charge on any atom is -0.494 e. The first-order valence-electron chi connectivity index (χ1n) is 15.2. The van der Waals surface area contributed by atoms with Crippen molar-refractivity contribution in [2.45, 2.75) is 45.1 Å². The van der Waals surface area contributed by atoms with Crippen LogP contribution in [0.5, 0.6) is 5.75 Å². The maximum Gasteiger partial charge on any atom is 0.417 e. The molecule has 2 aliphatic heterocycles. The normalized spacial score (nSPS) is 20.2. The van der Waals surface area contributed by atoms with Crippen LogP contribution in [0.15, 0.2) is 66.3 Å². The Morgan fingerprint density at radius 2 is 1.93 bits per heavy atom. The van der Waals surface area contributed by atoms with Crippen molar-refractivity contribution >= 4 is 11.8 Å². The fourth-order valence-electron chi connectivity index (χ4n) is 5.60. The van der Waals surface area contributed by atoms with Crippen molar-refractivity contribution in [1.82, 2.24) is 30.7 Å². The molecule has 1 saturated heterocycles. The number of alkyl halides is 3. The van der Waals surface area contributed by atoms with E-state index in [4.69, 9.17) is 9.47 Å². The number of pyridine rings is 1. The molecule has 0 saturated carbocycles. The molecule has 1 fully saturated rings. The third-order valence-corrected chi connectivity index (χ3v) is 7.78. The van der Waals surface area contributed by atoms with Crippen LogP contribution in [0.3, 0.4) is 0 Å². The maximum atomic E-state index is 14.0. The number of hydrogen-bond acceptors (Lipinski definition) is 8. The smallest absolute Gasteiger partial charge is 0.417 e. The van der Waals surface area contributed by atoms with Crippen molar-refractivity contribution in [2.24, 2.45) is 0 Å². The summed E-state index contributed by atoms with van der Waals surface area (Å²) >= 11 is 0. The van der Waals surface area contributed by atoms with Gasteiger partial charge in [-0.1, -0.05) is 13.0 Å². The van der Waals surface area contributed by atoms with Gasteiger partial charge in [0.25, 0.3) is 11.8 Å². The quantitative estimate of drug-likeness (QED) is 0.306. The third kappa shape index (κ3) is 7.59. The van der Waals surface area contributed by atoms with Crippen molar-refractivity contribution in [1.29, 1.82) is 0 Å². The second-order valence-corrected chi connectivity index (χ2v) is 10.6. The lowest BCUT2D eigenvalue weighted by atomic mass is 9.97. The topological polar surface area (TPSA) is 108 Å². The van der Waals surface area contributed by atoms with Gasteiger partial charge in [-0.15, -0.1) is 0 Å². The van der Waals surface area contributed by atoms with Crippen LogP contribution in [-0.4, -0.2) is 85.6 Å². The lowest BCUT2D eigenvalue weighted by molar-refractivity contribution is -0.138. The lowest BCUT2D eigenvalue weighted by Crippen LogP contribution is -2.56. The molecule has 2 atom stereocenters. The Bertz CT molecular complexity index is 1400. The van der Waals surface area contributed by atoms with E-state index in [1.807, 2.05) is 37.0 Å². The number of piperazine rings is 1. The minimum atomic E-state index is -4.73. The number of nitrogens with one attached hydrogen (secondary N) is 3. The van der Waals surface area contributed by atoms with Gasteiger partial charge in [-0.2, -0.15) is 13.2 Å². The molecule has 2 amide bonds. The van der Waals surface area contributed by atoms with Gasteiger partial charge in [0.05, 0.1) is 23.4 Å². The van der Waals surface area contributed by atoms with E-state index in [1.165, 1.54) is 17.0 Å². The molecule has 3 heterocycles. The number of halogens is 3. The van der Waals surface area contributed by atoms with E-state index in [2.05, 4.69) is 20.9 Å². The Morgan fingerprint density at radius 1 is 1.13 bits per heavy atom. The Kier molecular flexibility index (Phi) is 11.1. The fourth-order valence-corrected chi connectivity index (χ4v) is 5.60. The monoisotopic (exact) mass is 630 g/mol. The van der Waals surface area contributed by atoms with Gasteiger partial charge in [0.2, 0.25) is 0 Å². The summed E-state index contributed by atoms with van der Waals surface area (Å²) in [6, 6.07) is 6.80. The molecule has 0 aliphatic carbocycles. The van der Waals surface area contributed by atoms with Crippen molar-refractivity contribution in [3.8, 4) is 5.75 Å². The largest absolute Gasteiger partial charge is 0.494 e. The molecular formula is C32H41F3N6O4. The van der Waals surface area contributed by atoms with Gasteiger partial charge in [0, 0.05) is 63.3 Å². The number of carbonyl (C=O) groups is 2. The van der Waals surface area contributed by atoms with Crippen LogP contribution in [-0.2, 0) is 21.4 Å². The first kappa shape index (κ1) is 33.8. The average Bonchev–Trinajstić information content (AvgIpc) is 3.04. The van der Waals surface area contributed by atoms with Gasteiger partial charge in [-0.3, -0.25) is 14.6 Å². The Balaban J connectivity index is 1.65. The predicted octanol–water partition coefficient (Wildman–Crippen LogP) is 3.63. The molecule has 3 N–H and O–H groups in total. The van der Waals surface area contributed by atoms with Gasteiger partial charge in [-0.25, -0.2) is 0 Å². The van der Waals surface area contributed by atoms with Crippen molar-refractivity contribution in [3.05, 3.63) is 83.0 Å². The molecule has 13 heteroatoms. The molecule has 0 radical (unpaired) electrons. The summed E-state index contributed by atoms with van der Waals surface area (Å²) in [6.07, 6.45) is 2.84. The number of benzene rings is 1. The summed E-state index contributed by atoms with van der Waals surface area (Å²) in [5.74, 6) is -0.988.